The highest BCUT2D eigenvalue weighted by atomic mass is 35.5. The van der Waals surface area contributed by atoms with E-state index < -0.39 is 5.82 Å². The van der Waals surface area contributed by atoms with Crippen molar-refractivity contribution < 1.29 is 13.9 Å². The lowest BCUT2D eigenvalue weighted by atomic mass is 10.00. The molecule has 2 aromatic rings. The van der Waals surface area contributed by atoms with E-state index in [-0.39, 0.29) is 5.78 Å². The Hall–Kier alpha value is -1.87. The number of carbonyl (C=O) groups excluding carboxylic acids is 1. The molecule has 0 amide bonds. The molecule has 0 spiro atoms. The van der Waals surface area contributed by atoms with E-state index in [9.17, 15) is 9.18 Å². The second-order valence-electron chi connectivity index (χ2n) is 4.10. The van der Waals surface area contributed by atoms with Gasteiger partial charge in [0.2, 0.25) is 0 Å². The van der Waals surface area contributed by atoms with E-state index in [0.29, 0.717) is 27.5 Å². The maximum absolute atomic E-state index is 14.0. The summed E-state index contributed by atoms with van der Waals surface area (Å²) < 4.78 is 19.2. The number of rotatable bonds is 3. The Morgan fingerprint density at radius 3 is 2.53 bits per heavy atom. The second-order valence-corrected chi connectivity index (χ2v) is 4.53. The Morgan fingerprint density at radius 1 is 1.16 bits per heavy atom. The molecule has 19 heavy (non-hydrogen) atoms. The lowest BCUT2D eigenvalue weighted by Gasteiger charge is -2.11. The first-order valence-electron chi connectivity index (χ1n) is 5.67. The lowest BCUT2D eigenvalue weighted by molar-refractivity contribution is 0.101. The van der Waals surface area contributed by atoms with Crippen molar-refractivity contribution in [2.45, 2.75) is 6.92 Å². The van der Waals surface area contributed by atoms with Crippen LogP contribution < -0.4 is 4.74 Å². The average Bonchev–Trinajstić information content (AvgIpc) is 2.39. The third-order valence-corrected chi connectivity index (χ3v) is 3.06. The monoisotopic (exact) mass is 278 g/mol. The first-order chi connectivity index (χ1) is 9.02. The van der Waals surface area contributed by atoms with E-state index in [1.54, 1.807) is 18.2 Å². The summed E-state index contributed by atoms with van der Waals surface area (Å²) in [5.41, 5.74) is 1.26. The molecule has 0 bridgehead atoms. The minimum Gasteiger partial charge on any atom is -0.496 e. The van der Waals surface area contributed by atoms with Gasteiger partial charge in [-0.2, -0.15) is 0 Å². The van der Waals surface area contributed by atoms with Gasteiger partial charge in [0.25, 0.3) is 0 Å². The zero-order valence-corrected chi connectivity index (χ0v) is 11.3. The maximum Gasteiger partial charge on any atom is 0.159 e. The molecular weight excluding hydrogens is 267 g/mol. The van der Waals surface area contributed by atoms with Crippen LogP contribution in [0.25, 0.3) is 11.1 Å². The highest BCUT2D eigenvalue weighted by Crippen LogP contribution is 2.34. The van der Waals surface area contributed by atoms with E-state index in [0.717, 1.165) is 0 Å². The number of halogens is 2. The van der Waals surface area contributed by atoms with Gasteiger partial charge in [0.1, 0.15) is 11.6 Å². The molecule has 0 fully saturated rings. The van der Waals surface area contributed by atoms with Crippen molar-refractivity contribution in [1.29, 1.82) is 0 Å². The Bertz CT molecular complexity index is 638. The molecule has 0 N–H and O–H groups in total. The Morgan fingerprint density at radius 2 is 1.89 bits per heavy atom. The van der Waals surface area contributed by atoms with Crippen LogP contribution in [0.15, 0.2) is 36.4 Å². The average molecular weight is 279 g/mol. The first-order valence-corrected chi connectivity index (χ1v) is 6.05. The third kappa shape index (κ3) is 2.76. The fourth-order valence-electron chi connectivity index (χ4n) is 1.84. The molecule has 0 atom stereocenters. The highest BCUT2D eigenvalue weighted by molar-refractivity contribution is 6.31. The molecule has 0 aliphatic carbocycles. The van der Waals surface area contributed by atoms with Crippen LogP contribution in [0.1, 0.15) is 17.3 Å². The van der Waals surface area contributed by atoms with Crippen molar-refractivity contribution >= 4 is 17.4 Å². The molecule has 0 unspecified atom stereocenters. The quantitative estimate of drug-likeness (QED) is 0.780. The summed E-state index contributed by atoms with van der Waals surface area (Å²) >= 11 is 5.93. The predicted molar refractivity (Wildman–Crippen MR) is 73.4 cm³/mol. The van der Waals surface area contributed by atoms with Crippen LogP contribution in [-0.2, 0) is 0 Å². The molecule has 2 aromatic carbocycles. The Balaban J connectivity index is 2.67. The molecule has 0 aliphatic rings. The number of ether oxygens (including phenoxy) is 1. The van der Waals surface area contributed by atoms with Crippen molar-refractivity contribution in [3.05, 3.63) is 52.8 Å². The predicted octanol–water partition coefficient (Wildman–Crippen LogP) is 4.36. The topological polar surface area (TPSA) is 26.3 Å². The third-order valence-electron chi connectivity index (χ3n) is 2.82. The van der Waals surface area contributed by atoms with E-state index in [1.807, 2.05) is 0 Å². The lowest BCUT2D eigenvalue weighted by Crippen LogP contribution is -1.96. The standard InChI is InChI=1S/C15H12ClFO2/c1-9(18)10-3-5-14(17)12(7-10)13-8-11(16)4-6-15(13)19-2/h3-8H,1-2H3. The smallest absolute Gasteiger partial charge is 0.159 e. The van der Waals surface area contributed by atoms with E-state index >= 15 is 0 Å². The van der Waals surface area contributed by atoms with Gasteiger partial charge in [-0.1, -0.05) is 11.6 Å². The second kappa shape index (κ2) is 5.41. The molecule has 2 nitrogen and oxygen atoms in total. The molecule has 0 saturated heterocycles. The molecule has 2 rings (SSSR count). The van der Waals surface area contributed by atoms with Gasteiger partial charge >= 0.3 is 0 Å². The van der Waals surface area contributed by atoms with Crippen LogP contribution in [0.2, 0.25) is 5.02 Å². The molecule has 0 heterocycles. The van der Waals surface area contributed by atoms with Crippen LogP contribution in [0.3, 0.4) is 0 Å². The summed E-state index contributed by atoms with van der Waals surface area (Å²) in [6.07, 6.45) is 0. The summed E-state index contributed by atoms with van der Waals surface area (Å²) in [5, 5.41) is 0.475. The summed E-state index contributed by atoms with van der Waals surface area (Å²) in [7, 11) is 1.50. The van der Waals surface area contributed by atoms with Gasteiger partial charge in [0.05, 0.1) is 7.11 Å². The van der Waals surface area contributed by atoms with Crippen molar-refractivity contribution in [2.75, 3.05) is 7.11 Å². The van der Waals surface area contributed by atoms with E-state index in [1.165, 1.54) is 32.2 Å². The van der Waals surface area contributed by atoms with Crippen LogP contribution >= 0.6 is 11.6 Å². The molecule has 0 radical (unpaired) electrons. The molecular formula is C15H12ClFO2. The fraction of sp³-hybridized carbons (Fsp3) is 0.133. The summed E-state index contributed by atoms with van der Waals surface area (Å²) in [5.74, 6) is -0.0446. The molecule has 0 aromatic heterocycles. The van der Waals surface area contributed by atoms with Crippen LogP contribution in [0.4, 0.5) is 4.39 Å². The molecule has 0 saturated carbocycles. The Labute approximate surface area is 115 Å². The van der Waals surface area contributed by atoms with Crippen LogP contribution in [-0.4, -0.2) is 12.9 Å². The number of hydrogen-bond acceptors (Lipinski definition) is 2. The molecule has 0 aliphatic heterocycles. The van der Waals surface area contributed by atoms with Gasteiger partial charge in [-0.05, 0) is 43.3 Å². The van der Waals surface area contributed by atoms with Gasteiger partial charge in [-0.25, -0.2) is 4.39 Å². The van der Waals surface area contributed by atoms with Crippen LogP contribution in [0, 0.1) is 5.82 Å². The Kier molecular flexibility index (Phi) is 3.86. The normalized spacial score (nSPS) is 10.3. The zero-order chi connectivity index (χ0) is 14.0. The minimum atomic E-state index is -0.425. The van der Waals surface area contributed by atoms with Crippen molar-refractivity contribution in [3.63, 3.8) is 0 Å². The zero-order valence-electron chi connectivity index (χ0n) is 10.5. The van der Waals surface area contributed by atoms with Crippen LogP contribution in [0.5, 0.6) is 5.75 Å². The fourth-order valence-corrected chi connectivity index (χ4v) is 2.01. The first kappa shape index (κ1) is 13.6. The number of Topliss-reactive ketones (excluding diaryl/α,β-unsaturated/α-hetero) is 1. The minimum absolute atomic E-state index is 0.123. The number of methoxy groups -OCH3 is 1. The molecule has 4 heteroatoms. The molecule has 98 valence electrons. The highest BCUT2D eigenvalue weighted by Gasteiger charge is 2.13. The number of hydrogen-bond donors (Lipinski definition) is 0. The number of ketones is 1. The van der Waals surface area contributed by atoms with Gasteiger partial charge < -0.3 is 4.74 Å². The number of carbonyl (C=O) groups is 1. The summed E-state index contributed by atoms with van der Waals surface area (Å²) in [6, 6.07) is 9.17. The van der Waals surface area contributed by atoms with Gasteiger partial charge in [-0.15, -0.1) is 0 Å². The van der Waals surface area contributed by atoms with E-state index in [2.05, 4.69) is 0 Å². The van der Waals surface area contributed by atoms with Crippen molar-refractivity contribution in [2.24, 2.45) is 0 Å². The SMILES string of the molecule is COc1ccc(Cl)cc1-c1cc(C(C)=O)ccc1F. The summed E-state index contributed by atoms with van der Waals surface area (Å²) in [6.45, 7) is 1.44. The summed E-state index contributed by atoms with van der Waals surface area (Å²) in [4.78, 5) is 11.4. The largest absolute Gasteiger partial charge is 0.496 e. The van der Waals surface area contributed by atoms with Gasteiger partial charge in [0.15, 0.2) is 5.78 Å². The van der Waals surface area contributed by atoms with Gasteiger partial charge in [0, 0.05) is 21.7 Å². The van der Waals surface area contributed by atoms with Crippen molar-refractivity contribution in [3.8, 4) is 16.9 Å². The van der Waals surface area contributed by atoms with Crippen molar-refractivity contribution in [1.82, 2.24) is 0 Å². The maximum atomic E-state index is 14.0. The van der Waals surface area contributed by atoms with Gasteiger partial charge in [-0.3, -0.25) is 4.79 Å². The number of benzene rings is 2. The van der Waals surface area contributed by atoms with E-state index in [4.69, 9.17) is 16.3 Å².